The van der Waals surface area contributed by atoms with E-state index in [1.54, 1.807) is 5.01 Å². The Kier molecular flexibility index (Phi) is 3.55. The van der Waals surface area contributed by atoms with E-state index in [0.29, 0.717) is 12.0 Å². The van der Waals surface area contributed by atoms with E-state index < -0.39 is 0 Å². The van der Waals surface area contributed by atoms with E-state index in [-0.39, 0.29) is 11.3 Å². The molecule has 1 aliphatic carbocycles. The van der Waals surface area contributed by atoms with Crippen LogP contribution in [0, 0.1) is 11.3 Å². The van der Waals surface area contributed by atoms with Gasteiger partial charge >= 0.3 is 0 Å². The number of hydrazone groups is 1. The molecule has 96 valence electrons. The Morgan fingerprint density at radius 3 is 2.47 bits per heavy atom. The van der Waals surface area contributed by atoms with Crippen LogP contribution >= 0.6 is 0 Å². The molecular formula is C14H24N2O. The van der Waals surface area contributed by atoms with Crippen molar-refractivity contribution in [2.75, 3.05) is 0 Å². The first-order valence-electron chi connectivity index (χ1n) is 6.86. The van der Waals surface area contributed by atoms with Crippen molar-refractivity contribution in [3.63, 3.8) is 0 Å². The zero-order valence-corrected chi connectivity index (χ0v) is 11.3. The van der Waals surface area contributed by atoms with Gasteiger partial charge in [-0.2, -0.15) is 5.10 Å². The molecule has 0 bridgehead atoms. The number of hydrogen-bond donors (Lipinski definition) is 0. The molecule has 17 heavy (non-hydrogen) atoms. The minimum atomic E-state index is -0.325. The van der Waals surface area contributed by atoms with Gasteiger partial charge in [0.15, 0.2) is 0 Å². The minimum absolute atomic E-state index is 0.168. The molecular weight excluding hydrogens is 212 g/mol. The van der Waals surface area contributed by atoms with Gasteiger partial charge in [0.25, 0.3) is 0 Å². The molecule has 0 N–H and O–H groups in total. The quantitative estimate of drug-likeness (QED) is 0.688. The van der Waals surface area contributed by atoms with Crippen LogP contribution in [-0.2, 0) is 4.79 Å². The maximum absolute atomic E-state index is 12.3. The molecule has 1 heterocycles. The number of nitrogens with zero attached hydrogens (tertiary/aromatic N) is 2. The summed E-state index contributed by atoms with van der Waals surface area (Å²) in [5.41, 5.74) is -0.325. The third-order valence-corrected chi connectivity index (χ3v) is 3.91. The molecule has 0 aromatic heterocycles. The van der Waals surface area contributed by atoms with Crippen LogP contribution in [-0.4, -0.2) is 23.2 Å². The Morgan fingerprint density at radius 1 is 1.24 bits per heavy atom. The van der Waals surface area contributed by atoms with E-state index in [1.165, 1.54) is 32.1 Å². The molecule has 1 amide bonds. The summed E-state index contributed by atoms with van der Waals surface area (Å²) in [5, 5.41) is 6.09. The van der Waals surface area contributed by atoms with E-state index in [1.807, 2.05) is 27.0 Å². The number of amides is 1. The molecule has 3 nitrogen and oxygen atoms in total. The minimum Gasteiger partial charge on any atom is -0.272 e. The van der Waals surface area contributed by atoms with Gasteiger partial charge in [0.2, 0.25) is 5.91 Å². The Labute approximate surface area is 104 Å². The summed E-state index contributed by atoms with van der Waals surface area (Å²) < 4.78 is 0. The zero-order chi connectivity index (χ0) is 12.5. The van der Waals surface area contributed by atoms with E-state index in [9.17, 15) is 4.79 Å². The van der Waals surface area contributed by atoms with Crippen molar-refractivity contribution in [1.29, 1.82) is 0 Å². The molecule has 1 atom stereocenters. The maximum Gasteiger partial charge on any atom is 0.248 e. The molecule has 1 fully saturated rings. The van der Waals surface area contributed by atoms with Crippen molar-refractivity contribution in [2.45, 2.75) is 65.3 Å². The average molecular weight is 236 g/mol. The van der Waals surface area contributed by atoms with Crippen LogP contribution in [0.25, 0.3) is 0 Å². The topological polar surface area (TPSA) is 32.7 Å². The number of rotatable bonds is 1. The lowest BCUT2D eigenvalue weighted by Crippen LogP contribution is -2.44. The third kappa shape index (κ3) is 2.70. The van der Waals surface area contributed by atoms with Gasteiger partial charge in [0.1, 0.15) is 0 Å². The van der Waals surface area contributed by atoms with E-state index in [4.69, 9.17) is 0 Å². The molecule has 0 spiro atoms. The van der Waals surface area contributed by atoms with Crippen molar-refractivity contribution in [1.82, 2.24) is 5.01 Å². The summed E-state index contributed by atoms with van der Waals surface area (Å²) in [6, 6.07) is 0.335. The lowest BCUT2D eigenvalue weighted by Gasteiger charge is -2.34. The Morgan fingerprint density at radius 2 is 1.88 bits per heavy atom. The second-order valence-electron chi connectivity index (χ2n) is 6.40. The fourth-order valence-electron chi connectivity index (χ4n) is 2.89. The molecule has 0 aromatic carbocycles. The summed E-state index contributed by atoms with van der Waals surface area (Å²) in [6.45, 7) is 5.92. The van der Waals surface area contributed by atoms with Gasteiger partial charge in [-0.3, -0.25) is 4.79 Å². The predicted octanol–water partition coefficient (Wildman–Crippen LogP) is 3.20. The molecule has 0 aromatic rings. The van der Waals surface area contributed by atoms with Gasteiger partial charge in [0.05, 0.1) is 6.04 Å². The van der Waals surface area contributed by atoms with Crippen molar-refractivity contribution < 1.29 is 4.79 Å². The Bertz CT molecular complexity index is 311. The molecule has 1 unspecified atom stereocenters. The number of carbonyl (C=O) groups excluding carboxylic acids is 1. The van der Waals surface area contributed by atoms with Crippen molar-refractivity contribution in [2.24, 2.45) is 16.4 Å². The van der Waals surface area contributed by atoms with Crippen molar-refractivity contribution >= 4 is 12.1 Å². The standard InChI is InChI=1S/C14H24N2O/c1-14(2,3)13(17)16-12(9-10-15-16)11-7-5-4-6-8-11/h10-12H,4-9H2,1-3H3. The first-order valence-corrected chi connectivity index (χ1v) is 6.86. The Hall–Kier alpha value is -0.860. The van der Waals surface area contributed by atoms with Crippen LogP contribution in [0.1, 0.15) is 59.3 Å². The first-order chi connectivity index (χ1) is 8.00. The lowest BCUT2D eigenvalue weighted by atomic mass is 9.82. The molecule has 0 radical (unpaired) electrons. The highest BCUT2D eigenvalue weighted by Gasteiger charge is 2.38. The molecule has 2 aliphatic rings. The lowest BCUT2D eigenvalue weighted by molar-refractivity contribution is -0.142. The van der Waals surface area contributed by atoms with Gasteiger partial charge in [-0.05, 0) is 18.8 Å². The molecule has 0 saturated heterocycles. The second kappa shape index (κ2) is 4.79. The van der Waals surface area contributed by atoms with E-state index in [2.05, 4.69) is 5.10 Å². The Balaban J connectivity index is 2.06. The normalized spacial score (nSPS) is 26.5. The van der Waals surface area contributed by atoms with Crippen LogP contribution in [0.5, 0.6) is 0 Å². The van der Waals surface area contributed by atoms with Crippen LogP contribution in [0.15, 0.2) is 5.10 Å². The molecule has 3 heteroatoms. The average Bonchev–Trinajstić information content (AvgIpc) is 2.76. The first kappa shape index (κ1) is 12.6. The van der Waals surface area contributed by atoms with Crippen LogP contribution in [0.2, 0.25) is 0 Å². The van der Waals surface area contributed by atoms with Gasteiger partial charge in [-0.1, -0.05) is 40.0 Å². The molecule has 1 saturated carbocycles. The van der Waals surface area contributed by atoms with Gasteiger partial charge in [-0.25, -0.2) is 5.01 Å². The highest BCUT2D eigenvalue weighted by molar-refractivity contribution is 5.83. The predicted molar refractivity (Wildman–Crippen MR) is 69.8 cm³/mol. The van der Waals surface area contributed by atoms with E-state index >= 15 is 0 Å². The van der Waals surface area contributed by atoms with E-state index in [0.717, 1.165) is 6.42 Å². The highest BCUT2D eigenvalue weighted by atomic mass is 16.2. The summed E-state index contributed by atoms with van der Waals surface area (Å²) in [4.78, 5) is 12.3. The fourth-order valence-corrected chi connectivity index (χ4v) is 2.89. The highest BCUT2D eigenvalue weighted by Crippen LogP contribution is 2.34. The SMILES string of the molecule is CC(C)(C)C(=O)N1N=CCC1C1CCCCC1. The molecule has 1 aliphatic heterocycles. The summed E-state index contributed by atoms with van der Waals surface area (Å²) in [5.74, 6) is 0.833. The molecule has 2 rings (SSSR count). The smallest absolute Gasteiger partial charge is 0.248 e. The summed E-state index contributed by atoms with van der Waals surface area (Å²) >= 11 is 0. The zero-order valence-electron chi connectivity index (χ0n) is 11.3. The monoisotopic (exact) mass is 236 g/mol. The summed E-state index contributed by atoms with van der Waals surface area (Å²) in [7, 11) is 0. The van der Waals surface area contributed by atoms with Gasteiger partial charge in [0, 0.05) is 18.1 Å². The second-order valence-corrected chi connectivity index (χ2v) is 6.40. The van der Waals surface area contributed by atoms with Crippen LogP contribution < -0.4 is 0 Å². The number of carbonyl (C=O) groups is 1. The van der Waals surface area contributed by atoms with Crippen LogP contribution in [0.3, 0.4) is 0 Å². The van der Waals surface area contributed by atoms with Crippen molar-refractivity contribution in [3.8, 4) is 0 Å². The summed E-state index contributed by atoms with van der Waals surface area (Å²) in [6.07, 6.45) is 9.40. The largest absolute Gasteiger partial charge is 0.272 e. The van der Waals surface area contributed by atoms with Crippen molar-refractivity contribution in [3.05, 3.63) is 0 Å². The maximum atomic E-state index is 12.3. The fraction of sp³-hybridized carbons (Fsp3) is 0.857. The number of hydrogen-bond acceptors (Lipinski definition) is 2. The van der Waals surface area contributed by atoms with Gasteiger partial charge in [-0.15, -0.1) is 0 Å². The third-order valence-electron chi connectivity index (χ3n) is 3.91. The van der Waals surface area contributed by atoms with Gasteiger partial charge < -0.3 is 0 Å². The van der Waals surface area contributed by atoms with Crippen LogP contribution in [0.4, 0.5) is 0 Å².